The second kappa shape index (κ2) is 16.3. The van der Waals surface area contributed by atoms with Crippen molar-refractivity contribution in [2.75, 3.05) is 31.6 Å². The molecular weight excluding hydrogens is 796 g/mol. The van der Waals surface area contributed by atoms with E-state index in [2.05, 4.69) is 42.6 Å². The summed E-state index contributed by atoms with van der Waals surface area (Å²) in [5, 5.41) is 12.0. The summed E-state index contributed by atoms with van der Waals surface area (Å²) in [7, 11) is -2.45. The second-order valence-corrected chi connectivity index (χ2v) is 16.1. The normalized spacial score (nSPS) is 13.7. The third kappa shape index (κ3) is 8.05. The quantitative estimate of drug-likeness (QED) is 0.180. The summed E-state index contributed by atoms with van der Waals surface area (Å²) >= 11 is 7.65. The van der Waals surface area contributed by atoms with Crippen LogP contribution in [0.5, 0.6) is 0 Å². The number of fused-ring (bicyclic) bond motifs is 2. The Morgan fingerprint density at radius 1 is 1.12 bits per heavy atom. The van der Waals surface area contributed by atoms with Crippen molar-refractivity contribution in [2.45, 2.75) is 43.8 Å². The zero-order valence-corrected chi connectivity index (χ0v) is 32.8. The van der Waals surface area contributed by atoms with Crippen molar-refractivity contribution >= 4 is 65.8 Å². The number of aryl methyl sites for hydroxylation is 1. The van der Waals surface area contributed by atoms with Gasteiger partial charge in [-0.1, -0.05) is 29.5 Å². The molecule has 1 aliphatic heterocycles. The van der Waals surface area contributed by atoms with Gasteiger partial charge in [-0.15, -0.1) is 11.3 Å². The van der Waals surface area contributed by atoms with Crippen molar-refractivity contribution in [3.05, 3.63) is 104 Å². The van der Waals surface area contributed by atoms with Gasteiger partial charge >= 0.3 is 0 Å². The van der Waals surface area contributed by atoms with Crippen LogP contribution in [0.1, 0.15) is 40.2 Å². The number of thiophene rings is 1. The highest BCUT2D eigenvalue weighted by molar-refractivity contribution is 7.90. The number of alkyl halides is 2. The molecule has 0 unspecified atom stereocenters. The first-order valence-electron chi connectivity index (χ1n) is 17.5. The van der Waals surface area contributed by atoms with E-state index in [0.717, 1.165) is 0 Å². The Bertz CT molecular complexity index is 2810. The zero-order chi connectivity index (χ0) is 40.4. The van der Waals surface area contributed by atoms with Gasteiger partial charge in [0, 0.05) is 65.7 Å². The van der Waals surface area contributed by atoms with Crippen LogP contribution in [0.25, 0.3) is 32.2 Å². The van der Waals surface area contributed by atoms with Crippen LogP contribution in [0.4, 0.5) is 14.6 Å². The van der Waals surface area contributed by atoms with Crippen LogP contribution in [0.15, 0.2) is 76.3 Å². The number of aromatic nitrogens is 5. The largest absolute Gasteiger partial charge is 0.355 e. The van der Waals surface area contributed by atoms with Gasteiger partial charge in [-0.3, -0.25) is 24.0 Å². The van der Waals surface area contributed by atoms with Crippen LogP contribution in [0.2, 0.25) is 5.02 Å². The van der Waals surface area contributed by atoms with Crippen LogP contribution in [-0.4, -0.2) is 82.9 Å². The molecule has 13 nitrogen and oxygen atoms in total. The van der Waals surface area contributed by atoms with Crippen LogP contribution in [0, 0.1) is 30.1 Å². The third-order valence-corrected chi connectivity index (χ3v) is 12.2. The molecular formula is C39H32ClF2N9O4S2. The molecule has 0 spiro atoms. The van der Waals surface area contributed by atoms with Crippen molar-refractivity contribution in [1.82, 2.24) is 34.1 Å². The number of rotatable bonds is 9. The molecule has 1 amide bonds. The fourth-order valence-electron chi connectivity index (χ4n) is 6.83. The van der Waals surface area contributed by atoms with Gasteiger partial charge in [0.1, 0.15) is 23.3 Å². The van der Waals surface area contributed by atoms with Gasteiger partial charge in [0.25, 0.3) is 27.9 Å². The molecule has 0 aliphatic carbocycles. The van der Waals surface area contributed by atoms with E-state index in [1.807, 2.05) is 4.90 Å². The standard InChI is InChI=1S/C39H32ClF2N9O4S2/c1-23-47-31-20-46-37(49(2)26-11-16-50(17-12-26)21-32(41)42)29(19-43)34(31)39(53)51(23)15-5-6-24-8-9-25(40)18-28(24)27-10-14-45-35-30(22-56-36(27)35)38(52)48-57(54,55)33-7-3-4-13-44-33/h3-4,7-10,13-14,18,20,22,26,32H,11-12,15-17,21H2,1-2H3,(H,48,52). The number of carbonyl (C=O) groups is 1. The molecule has 1 saturated heterocycles. The number of nitrogens with zero attached hydrogens (tertiary/aromatic N) is 8. The Balaban J connectivity index is 1.18. The molecule has 0 bridgehead atoms. The first-order valence-corrected chi connectivity index (χ1v) is 20.3. The number of amides is 1. The number of nitrogens with one attached hydrogen (secondary N) is 1. The number of likely N-dealkylation sites (tertiary alicyclic amines) is 1. The molecule has 1 fully saturated rings. The van der Waals surface area contributed by atoms with E-state index < -0.39 is 27.9 Å². The summed E-state index contributed by atoms with van der Waals surface area (Å²) in [6.07, 6.45) is 3.05. The number of halogens is 3. The molecule has 6 heterocycles. The summed E-state index contributed by atoms with van der Waals surface area (Å²) in [5.74, 6) is 6.01. The van der Waals surface area contributed by atoms with E-state index in [1.165, 1.54) is 52.0 Å². The number of sulfonamides is 1. The van der Waals surface area contributed by atoms with Gasteiger partial charge in [-0.25, -0.2) is 28.5 Å². The van der Waals surface area contributed by atoms with Gasteiger partial charge in [0.05, 0.1) is 46.0 Å². The molecule has 0 radical (unpaired) electrons. The third-order valence-electron chi connectivity index (χ3n) is 9.69. The number of piperidine rings is 1. The Hall–Kier alpha value is -5.85. The molecule has 1 aromatic carbocycles. The van der Waals surface area contributed by atoms with Crippen molar-refractivity contribution in [2.24, 2.45) is 0 Å². The zero-order valence-electron chi connectivity index (χ0n) is 30.4. The van der Waals surface area contributed by atoms with Gasteiger partial charge in [-0.05, 0) is 56.2 Å². The van der Waals surface area contributed by atoms with Crippen molar-refractivity contribution in [1.29, 1.82) is 5.26 Å². The predicted molar refractivity (Wildman–Crippen MR) is 213 cm³/mol. The van der Waals surface area contributed by atoms with E-state index in [4.69, 9.17) is 11.6 Å². The Kier molecular flexibility index (Phi) is 11.3. The molecule has 6 aromatic rings. The van der Waals surface area contributed by atoms with Crippen LogP contribution >= 0.6 is 22.9 Å². The van der Waals surface area contributed by atoms with E-state index in [0.29, 0.717) is 64.0 Å². The second-order valence-electron chi connectivity index (χ2n) is 13.2. The SMILES string of the molecule is Cc1nc2cnc(N(C)C3CCN(CC(F)F)CC3)c(C#N)c2c(=O)n1CC#Cc1ccc(Cl)cc1-c1ccnc2c(C(=O)NS(=O)(=O)c3ccccn3)csc12. The smallest absolute Gasteiger partial charge is 0.281 e. The average molecular weight is 828 g/mol. The van der Waals surface area contributed by atoms with Gasteiger partial charge in [0.15, 0.2) is 5.03 Å². The number of hydrogen-bond donors (Lipinski definition) is 1. The molecule has 290 valence electrons. The number of benzene rings is 1. The van der Waals surface area contributed by atoms with Crippen molar-refractivity contribution in [3.63, 3.8) is 0 Å². The van der Waals surface area contributed by atoms with Gasteiger partial charge in [0.2, 0.25) is 0 Å². The maximum absolute atomic E-state index is 14.1. The summed E-state index contributed by atoms with van der Waals surface area (Å²) in [6.45, 7) is 2.27. The fourth-order valence-corrected chi connectivity index (χ4v) is 8.95. The molecule has 1 aliphatic rings. The summed E-state index contributed by atoms with van der Waals surface area (Å²) < 4.78 is 55.5. The van der Waals surface area contributed by atoms with Crippen LogP contribution < -0.4 is 15.2 Å². The van der Waals surface area contributed by atoms with Crippen LogP contribution in [0.3, 0.4) is 0 Å². The number of carbonyl (C=O) groups excluding carboxylic acids is 1. The van der Waals surface area contributed by atoms with Crippen molar-refractivity contribution < 1.29 is 22.0 Å². The number of anilines is 1. The van der Waals surface area contributed by atoms with Gasteiger partial charge in [-0.2, -0.15) is 13.7 Å². The lowest BCUT2D eigenvalue weighted by Gasteiger charge is -2.37. The molecule has 5 aromatic heterocycles. The van der Waals surface area contributed by atoms with Crippen molar-refractivity contribution in [3.8, 4) is 29.0 Å². The molecule has 7 rings (SSSR count). The van der Waals surface area contributed by atoms with E-state index in [-0.39, 0.29) is 51.7 Å². The lowest BCUT2D eigenvalue weighted by molar-refractivity contribution is 0.0754. The number of nitriles is 1. The fraction of sp³-hybridized carbons (Fsp3) is 0.256. The molecule has 18 heteroatoms. The molecule has 0 saturated carbocycles. The maximum Gasteiger partial charge on any atom is 0.281 e. The lowest BCUT2D eigenvalue weighted by Crippen LogP contribution is -2.45. The monoisotopic (exact) mass is 827 g/mol. The number of pyridine rings is 3. The predicted octanol–water partition coefficient (Wildman–Crippen LogP) is 5.63. The Morgan fingerprint density at radius 3 is 2.63 bits per heavy atom. The molecule has 0 atom stereocenters. The highest BCUT2D eigenvalue weighted by Crippen LogP contribution is 2.37. The minimum Gasteiger partial charge on any atom is -0.355 e. The minimum absolute atomic E-state index is 0.0567. The highest BCUT2D eigenvalue weighted by atomic mass is 35.5. The van der Waals surface area contributed by atoms with E-state index >= 15 is 0 Å². The van der Waals surface area contributed by atoms with E-state index in [9.17, 15) is 32.0 Å². The van der Waals surface area contributed by atoms with E-state index in [1.54, 1.807) is 49.2 Å². The topological polar surface area (TPSA) is 167 Å². The van der Waals surface area contributed by atoms with Crippen LogP contribution in [-0.2, 0) is 16.6 Å². The Labute approximate surface area is 334 Å². The average Bonchev–Trinajstić information content (AvgIpc) is 3.64. The lowest BCUT2D eigenvalue weighted by atomic mass is 10.00. The first kappa shape index (κ1) is 39.4. The summed E-state index contributed by atoms with van der Waals surface area (Å²) in [5.41, 5.74) is 2.02. The first-order chi connectivity index (χ1) is 27.4. The minimum atomic E-state index is -4.24. The summed E-state index contributed by atoms with van der Waals surface area (Å²) in [4.78, 5) is 48.1. The molecule has 57 heavy (non-hydrogen) atoms. The summed E-state index contributed by atoms with van der Waals surface area (Å²) in [6, 6.07) is 13.3. The molecule has 1 N–H and O–H groups in total. The maximum atomic E-state index is 14.1. The highest BCUT2D eigenvalue weighted by Gasteiger charge is 2.28. The number of hydrogen-bond acceptors (Lipinski definition) is 12. The Morgan fingerprint density at radius 2 is 1.91 bits per heavy atom. The van der Waals surface area contributed by atoms with Gasteiger partial charge < -0.3 is 4.90 Å².